The molecule has 0 saturated heterocycles. The second kappa shape index (κ2) is 2.69. The number of benzene rings is 1. The van der Waals surface area contributed by atoms with E-state index >= 15 is 0 Å². The van der Waals surface area contributed by atoms with Crippen LogP contribution in [0.1, 0.15) is 37.2 Å². The molecule has 2 fully saturated rings. The lowest BCUT2D eigenvalue weighted by Crippen LogP contribution is -2.46. The average molecular weight is 186 g/mol. The molecule has 1 spiro atoms. The lowest BCUT2D eigenvalue weighted by atomic mass is 9.50. The molecule has 2 aliphatic carbocycles. The topological polar surface area (TPSA) is 17.1 Å². The first-order valence-corrected chi connectivity index (χ1v) is 5.34. The highest BCUT2D eigenvalue weighted by atomic mass is 16.1. The van der Waals surface area contributed by atoms with Crippen LogP contribution in [0.15, 0.2) is 30.3 Å². The normalized spacial score (nSPS) is 24.4. The largest absolute Gasteiger partial charge is 0.300 e. The molecule has 72 valence electrons. The second-order valence-corrected chi connectivity index (χ2v) is 4.91. The van der Waals surface area contributed by atoms with Crippen molar-refractivity contribution in [2.75, 3.05) is 0 Å². The van der Waals surface area contributed by atoms with Gasteiger partial charge in [-0.1, -0.05) is 30.3 Å². The molecule has 2 aliphatic rings. The first-order valence-electron chi connectivity index (χ1n) is 5.34. The summed E-state index contributed by atoms with van der Waals surface area (Å²) >= 11 is 0. The predicted octanol–water partition coefficient (Wildman–Crippen LogP) is 2.91. The zero-order valence-electron chi connectivity index (χ0n) is 8.20. The minimum absolute atomic E-state index is 0.442. The van der Waals surface area contributed by atoms with E-state index in [0.717, 1.165) is 18.8 Å². The van der Waals surface area contributed by atoms with Gasteiger partial charge in [0.15, 0.2) is 0 Å². The van der Waals surface area contributed by atoms with Crippen molar-refractivity contribution in [3.63, 3.8) is 0 Å². The van der Waals surface area contributed by atoms with Crippen LogP contribution < -0.4 is 0 Å². The monoisotopic (exact) mass is 186 g/mol. The summed E-state index contributed by atoms with van der Waals surface area (Å²) in [7, 11) is 0. The third-order valence-corrected chi connectivity index (χ3v) is 3.77. The number of Topliss-reactive ketones (excluding diaryl/α,β-unsaturated/α-hetero) is 1. The summed E-state index contributed by atoms with van der Waals surface area (Å²) in [6, 6.07) is 10.7. The Labute approximate surface area is 84.1 Å². The molecule has 0 bridgehead atoms. The number of ketones is 1. The Morgan fingerprint density at radius 3 is 2.29 bits per heavy atom. The van der Waals surface area contributed by atoms with E-state index in [9.17, 15) is 4.79 Å². The van der Waals surface area contributed by atoms with Crippen LogP contribution in [0.2, 0.25) is 0 Å². The molecule has 0 N–H and O–H groups in total. The average Bonchev–Trinajstić information content (AvgIpc) is 2.10. The van der Waals surface area contributed by atoms with E-state index < -0.39 is 0 Å². The molecule has 1 aromatic rings. The van der Waals surface area contributed by atoms with Gasteiger partial charge in [0.2, 0.25) is 0 Å². The van der Waals surface area contributed by atoms with Crippen LogP contribution in [0.5, 0.6) is 0 Å². The van der Waals surface area contributed by atoms with E-state index in [-0.39, 0.29) is 0 Å². The highest BCUT2D eigenvalue weighted by Crippen LogP contribution is 2.60. The maximum absolute atomic E-state index is 11.0. The van der Waals surface area contributed by atoms with Crippen molar-refractivity contribution in [2.24, 2.45) is 5.41 Å². The van der Waals surface area contributed by atoms with Gasteiger partial charge in [-0.05, 0) is 29.7 Å². The smallest absolute Gasteiger partial charge is 0.134 e. The summed E-state index contributed by atoms with van der Waals surface area (Å²) < 4.78 is 0. The minimum atomic E-state index is 0.442. The van der Waals surface area contributed by atoms with Gasteiger partial charge in [-0.15, -0.1) is 0 Å². The molecule has 14 heavy (non-hydrogen) atoms. The highest BCUT2D eigenvalue weighted by Gasteiger charge is 2.52. The van der Waals surface area contributed by atoms with Crippen molar-refractivity contribution in [1.82, 2.24) is 0 Å². The van der Waals surface area contributed by atoms with Crippen LogP contribution in [0.4, 0.5) is 0 Å². The number of carbonyl (C=O) groups is 1. The molecule has 1 heteroatoms. The lowest BCUT2D eigenvalue weighted by Gasteiger charge is -2.53. The van der Waals surface area contributed by atoms with Crippen LogP contribution in [-0.2, 0) is 4.79 Å². The van der Waals surface area contributed by atoms with Crippen LogP contribution in [-0.4, -0.2) is 5.78 Å². The molecule has 2 saturated carbocycles. The number of carbonyl (C=O) groups excluding carboxylic acids is 1. The van der Waals surface area contributed by atoms with Crippen molar-refractivity contribution in [3.05, 3.63) is 35.9 Å². The van der Waals surface area contributed by atoms with E-state index in [2.05, 4.69) is 30.3 Å². The molecule has 0 heterocycles. The molecule has 1 nitrogen and oxygen atoms in total. The zero-order valence-corrected chi connectivity index (χ0v) is 8.20. The van der Waals surface area contributed by atoms with Gasteiger partial charge in [-0.25, -0.2) is 0 Å². The summed E-state index contributed by atoms with van der Waals surface area (Å²) in [6.45, 7) is 0. The molecular formula is C13H14O. The van der Waals surface area contributed by atoms with Crippen molar-refractivity contribution < 1.29 is 4.79 Å². The van der Waals surface area contributed by atoms with Crippen molar-refractivity contribution in [3.8, 4) is 0 Å². The molecule has 0 atom stereocenters. The van der Waals surface area contributed by atoms with Gasteiger partial charge in [0.05, 0.1) is 0 Å². The predicted molar refractivity (Wildman–Crippen MR) is 55.1 cm³/mol. The second-order valence-electron chi connectivity index (χ2n) is 4.91. The maximum Gasteiger partial charge on any atom is 0.134 e. The van der Waals surface area contributed by atoms with E-state index in [1.165, 1.54) is 18.4 Å². The highest BCUT2D eigenvalue weighted by molar-refractivity contribution is 5.86. The Hall–Kier alpha value is -1.11. The van der Waals surface area contributed by atoms with Crippen molar-refractivity contribution >= 4 is 5.78 Å². The Bertz CT molecular complexity index is 350. The van der Waals surface area contributed by atoms with Crippen molar-refractivity contribution in [2.45, 2.75) is 31.6 Å². The van der Waals surface area contributed by atoms with Gasteiger partial charge in [-0.2, -0.15) is 0 Å². The first kappa shape index (κ1) is 8.22. The summed E-state index contributed by atoms with van der Waals surface area (Å²) in [6.07, 6.45) is 4.19. The van der Waals surface area contributed by atoms with Gasteiger partial charge in [-0.3, -0.25) is 4.79 Å². The Morgan fingerprint density at radius 1 is 1.07 bits per heavy atom. The van der Waals surface area contributed by atoms with Gasteiger partial charge in [0.25, 0.3) is 0 Å². The summed E-state index contributed by atoms with van der Waals surface area (Å²) in [5.41, 5.74) is 1.90. The van der Waals surface area contributed by atoms with Crippen LogP contribution in [0, 0.1) is 5.41 Å². The summed E-state index contributed by atoms with van der Waals surface area (Å²) in [5, 5.41) is 0. The fourth-order valence-electron chi connectivity index (χ4n) is 3.02. The van der Waals surface area contributed by atoms with Gasteiger partial charge >= 0.3 is 0 Å². The number of hydrogen-bond acceptors (Lipinski definition) is 1. The van der Waals surface area contributed by atoms with Crippen molar-refractivity contribution in [1.29, 1.82) is 0 Å². The van der Waals surface area contributed by atoms with Gasteiger partial charge in [0.1, 0.15) is 5.78 Å². The quantitative estimate of drug-likeness (QED) is 0.659. The molecule has 3 rings (SSSR count). The summed E-state index contributed by atoms with van der Waals surface area (Å²) in [4.78, 5) is 11.0. The lowest BCUT2D eigenvalue weighted by molar-refractivity contribution is -0.139. The van der Waals surface area contributed by atoms with Crippen LogP contribution in [0.3, 0.4) is 0 Å². The summed E-state index contributed by atoms with van der Waals surface area (Å²) in [5.74, 6) is 1.20. The standard InChI is InChI=1S/C13H14O/c14-12-8-13(9-12)6-11(7-13)10-4-2-1-3-5-10/h1-5,11H,6-9H2. The third-order valence-electron chi connectivity index (χ3n) is 3.77. The zero-order chi connectivity index (χ0) is 9.60. The Balaban J connectivity index is 1.68. The molecule has 0 aromatic heterocycles. The SMILES string of the molecule is O=C1CC2(C1)CC(c1ccccc1)C2. The number of hydrogen-bond donors (Lipinski definition) is 0. The molecule has 1 aromatic carbocycles. The van der Waals surface area contributed by atoms with E-state index in [4.69, 9.17) is 0 Å². The molecule has 0 radical (unpaired) electrons. The van der Waals surface area contributed by atoms with Gasteiger partial charge < -0.3 is 0 Å². The Morgan fingerprint density at radius 2 is 1.71 bits per heavy atom. The Kier molecular flexibility index (Phi) is 1.58. The fourth-order valence-corrected chi connectivity index (χ4v) is 3.02. The minimum Gasteiger partial charge on any atom is -0.300 e. The molecule has 0 unspecified atom stereocenters. The maximum atomic E-state index is 11.0. The number of rotatable bonds is 1. The van der Waals surface area contributed by atoms with Crippen LogP contribution >= 0.6 is 0 Å². The van der Waals surface area contributed by atoms with Gasteiger partial charge in [0, 0.05) is 12.8 Å². The molecular weight excluding hydrogens is 172 g/mol. The van der Waals surface area contributed by atoms with E-state index in [0.29, 0.717) is 11.2 Å². The van der Waals surface area contributed by atoms with E-state index in [1.807, 2.05) is 0 Å². The molecule has 0 aliphatic heterocycles. The molecule has 0 amide bonds. The van der Waals surface area contributed by atoms with E-state index in [1.54, 1.807) is 0 Å². The third kappa shape index (κ3) is 1.12. The fraction of sp³-hybridized carbons (Fsp3) is 0.462. The van der Waals surface area contributed by atoms with Crippen LogP contribution in [0.25, 0.3) is 0 Å². The first-order chi connectivity index (χ1) is 6.77.